The number of nitriles is 1. The van der Waals surface area contributed by atoms with Crippen LogP contribution in [0.3, 0.4) is 0 Å². The maximum Gasteiger partial charge on any atom is 0.256 e. The molecule has 2 aromatic rings. The van der Waals surface area contributed by atoms with E-state index in [2.05, 4.69) is 27.9 Å². The van der Waals surface area contributed by atoms with Crippen LogP contribution in [0.4, 0.5) is 5.69 Å². The lowest BCUT2D eigenvalue weighted by atomic mass is 10.2. The topological polar surface area (TPSA) is 52.9 Å². The number of carbonyl (C=O) groups is 1. The highest BCUT2D eigenvalue weighted by Gasteiger charge is 2.08. The molecule has 1 N–H and O–H groups in total. The van der Waals surface area contributed by atoms with Crippen LogP contribution in [-0.2, 0) is 0 Å². The Hall–Kier alpha value is -1.39. The largest absolute Gasteiger partial charge is 0.322 e. The number of nitrogens with zero attached hydrogens (tertiary/aromatic N) is 1. The van der Waals surface area contributed by atoms with E-state index in [9.17, 15) is 4.79 Å². The van der Waals surface area contributed by atoms with E-state index < -0.39 is 0 Å². The van der Waals surface area contributed by atoms with E-state index in [0.29, 0.717) is 16.8 Å². The van der Waals surface area contributed by atoms with Crippen molar-refractivity contribution in [3.63, 3.8) is 0 Å². The van der Waals surface area contributed by atoms with E-state index in [0.717, 1.165) is 2.88 Å². The predicted molar refractivity (Wildman–Crippen MR) is 76.1 cm³/mol. The van der Waals surface area contributed by atoms with Gasteiger partial charge in [-0.2, -0.15) is 5.26 Å². The van der Waals surface area contributed by atoms with E-state index in [-0.39, 0.29) is 5.91 Å². The van der Waals surface area contributed by atoms with Crippen molar-refractivity contribution in [1.29, 1.82) is 5.26 Å². The summed E-state index contributed by atoms with van der Waals surface area (Å²) in [6, 6.07) is 10.7. The lowest BCUT2D eigenvalue weighted by molar-refractivity contribution is 0.102. The van der Waals surface area contributed by atoms with Crippen molar-refractivity contribution in [3.8, 4) is 6.07 Å². The second-order valence-electron chi connectivity index (χ2n) is 3.29. The highest BCUT2D eigenvalue weighted by atomic mass is 127. The first-order chi connectivity index (χ1) is 8.19. The number of anilines is 1. The molecule has 0 radical (unpaired) electrons. The first-order valence-electron chi connectivity index (χ1n) is 4.74. The van der Waals surface area contributed by atoms with Crippen LogP contribution >= 0.6 is 33.9 Å². The van der Waals surface area contributed by atoms with Gasteiger partial charge < -0.3 is 5.32 Å². The van der Waals surface area contributed by atoms with Crippen LogP contribution in [0.2, 0.25) is 0 Å². The summed E-state index contributed by atoms with van der Waals surface area (Å²) in [4.78, 5) is 11.8. The van der Waals surface area contributed by atoms with Gasteiger partial charge >= 0.3 is 0 Å². The fourth-order valence-electron chi connectivity index (χ4n) is 1.30. The molecule has 1 aromatic carbocycles. The monoisotopic (exact) mass is 354 g/mol. The maximum absolute atomic E-state index is 11.8. The lowest BCUT2D eigenvalue weighted by Crippen LogP contribution is -2.10. The molecule has 1 amide bonds. The van der Waals surface area contributed by atoms with E-state index in [4.69, 9.17) is 5.26 Å². The maximum atomic E-state index is 11.8. The summed E-state index contributed by atoms with van der Waals surface area (Å²) < 4.78 is 1.07. The highest BCUT2D eigenvalue weighted by molar-refractivity contribution is 14.1. The van der Waals surface area contributed by atoms with Crippen LogP contribution in [-0.4, -0.2) is 5.91 Å². The summed E-state index contributed by atoms with van der Waals surface area (Å²) in [6.07, 6.45) is 0. The Balaban J connectivity index is 2.16. The van der Waals surface area contributed by atoms with Crippen molar-refractivity contribution in [2.24, 2.45) is 0 Å². The summed E-state index contributed by atoms with van der Waals surface area (Å²) in [7, 11) is 0. The zero-order chi connectivity index (χ0) is 12.3. The minimum absolute atomic E-state index is 0.153. The van der Waals surface area contributed by atoms with Gasteiger partial charge in [0.1, 0.15) is 0 Å². The molecule has 0 spiro atoms. The van der Waals surface area contributed by atoms with Gasteiger partial charge in [-0.05, 0) is 46.9 Å². The van der Waals surface area contributed by atoms with Crippen molar-refractivity contribution in [1.82, 2.24) is 0 Å². The molecule has 0 atom stereocenters. The normalized spacial score (nSPS) is 9.65. The molecule has 0 saturated heterocycles. The fraction of sp³-hybridized carbons (Fsp3) is 0. The van der Waals surface area contributed by atoms with Crippen molar-refractivity contribution in [2.75, 3.05) is 5.32 Å². The van der Waals surface area contributed by atoms with Gasteiger partial charge in [0.2, 0.25) is 0 Å². The van der Waals surface area contributed by atoms with Gasteiger partial charge in [0, 0.05) is 11.1 Å². The second-order valence-corrected chi connectivity index (χ2v) is 6.09. The fourth-order valence-corrected chi connectivity index (χ4v) is 2.63. The van der Waals surface area contributed by atoms with Gasteiger partial charge in [0.15, 0.2) is 0 Å². The number of thiophene rings is 1. The Morgan fingerprint density at radius 2 is 2.24 bits per heavy atom. The summed E-state index contributed by atoms with van der Waals surface area (Å²) in [5, 5.41) is 13.3. The minimum atomic E-state index is -0.153. The highest BCUT2D eigenvalue weighted by Crippen LogP contribution is 2.18. The Labute approximate surface area is 116 Å². The predicted octanol–water partition coefficient (Wildman–Crippen LogP) is 3.48. The van der Waals surface area contributed by atoms with Gasteiger partial charge in [-0.25, -0.2) is 0 Å². The summed E-state index contributed by atoms with van der Waals surface area (Å²) in [6.45, 7) is 0. The van der Waals surface area contributed by atoms with E-state index in [1.165, 1.54) is 11.3 Å². The molecule has 0 unspecified atom stereocenters. The van der Waals surface area contributed by atoms with Gasteiger partial charge in [-0.15, -0.1) is 11.3 Å². The quantitative estimate of drug-likeness (QED) is 0.840. The SMILES string of the molecule is N#Cc1cccc(NC(=O)c2csc(I)c2)c1. The van der Waals surface area contributed by atoms with E-state index in [1.54, 1.807) is 24.3 Å². The van der Waals surface area contributed by atoms with Crippen molar-refractivity contribution < 1.29 is 4.79 Å². The number of hydrogen-bond donors (Lipinski definition) is 1. The molecule has 0 aliphatic heterocycles. The zero-order valence-electron chi connectivity index (χ0n) is 8.61. The molecule has 5 heteroatoms. The molecule has 0 aliphatic carbocycles. The van der Waals surface area contributed by atoms with Crippen molar-refractivity contribution in [3.05, 3.63) is 49.7 Å². The first-order valence-corrected chi connectivity index (χ1v) is 6.70. The van der Waals surface area contributed by atoms with Crippen molar-refractivity contribution >= 4 is 45.5 Å². The summed E-state index contributed by atoms with van der Waals surface area (Å²) in [5.41, 5.74) is 1.81. The molecule has 0 saturated carbocycles. The van der Waals surface area contributed by atoms with Crippen LogP contribution in [0.1, 0.15) is 15.9 Å². The third kappa shape index (κ3) is 3.05. The molecule has 0 aliphatic rings. The number of hydrogen-bond acceptors (Lipinski definition) is 3. The molecule has 0 fully saturated rings. The number of rotatable bonds is 2. The van der Waals surface area contributed by atoms with Gasteiger partial charge in [-0.1, -0.05) is 6.07 Å². The van der Waals surface area contributed by atoms with Crippen LogP contribution in [0.25, 0.3) is 0 Å². The van der Waals surface area contributed by atoms with Crippen molar-refractivity contribution in [2.45, 2.75) is 0 Å². The molecule has 2 rings (SSSR count). The van der Waals surface area contributed by atoms with Crippen LogP contribution in [0, 0.1) is 14.2 Å². The molecule has 1 heterocycles. The summed E-state index contributed by atoms with van der Waals surface area (Å²) in [5.74, 6) is -0.153. The molecule has 17 heavy (non-hydrogen) atoms. The van der Waals surface area contributed by atoms with E-state index >= 15 is 0 Å². The van der Waals surface area contributed by atoms with Gasteiger partial charge in [0.05, 0.1) is 20.1 Å². The van der Waals surface area contributed by atoms with Gasteiger partial charge in [0.25, 0.3) is 5.91 Å². The average molecular weight is 354 g/mol. The molecule has 0 bridgehead atoms. The molecular formula is C12H7IN2OS. The minimum Gasteiger partial charge on any atom is -0.322 e. The smallest absolute Gasteiger partial charge is 0.256 e. The molecule has 3 nitrogen and oxygen atoms in total. The number of halogens is 1. The summed E-state index contributed by atoms with van der Waals surface area (Å²) >= 11 is 3.70. The van der Waals surface area contributed by atoms with Gasteiger partial charge in [-0.3, -0.25) is 4.79 Å². The Morgan fingerprint density at radius 1 is 1.41 bits per heavy atom. The standard InChI is InChI=1S/C12H7IN2OS/c13-11-5-9(7-17-11)12(16)15-10-3-1-2-8(4-10)6-14/h1-5,7H,(H,15,16). The molecule has 84 valence electrons. The molecular weight excluding hydrogens is 347 g/mol. The molecule has 1 aromatic heterocycles. The average Bonchev–Trinajstić information content (AvgIpc) is 2.76. The number of amides is 1. The van der Waals surface area contributed by atoms with Crippen LogP contribution in [0.5, 0.6) is 0 Å². The third-order valence-corrected chi connectivity index (χ3v) is 3.87. The number of benzene rings is 1. The Morgan fingerprint density at radius 3 is 2.88 bits per heavy atom. The first kappa shape index (κ1) is 12.1. The number of carbonyl (C=O) groups excluding carboxylic acids is 1. The lowest BCUT2D eigenvalue weighted by Gasteiger charge is -2.03. The van der Waals surface area contributed by atoms with Crippen LogP contribution in [0.15, 0.2) is 35.7 Å². The Bertz CT molecular complexity index is 601. The van der Waals surface area contributed by atoms with Crippen LogP contribution < -0.4 is 5.32 Å². The second kappa shape index (κ2) is 5.29. The third-order valence-electron chi connectivity index (χ3n) is 2.08. The zero-order valence-corrected chi connectivity index (χ0v) is 11.6. The van der Waals surface area contributed by atoms with E-state index in [1.807, 2.05) is 17.5 Å². The Kier molecular flexibility index (Phi) is 3.76. The number of nitrogens with one attached hydrogen (secondary N) is 1.